The highest BCUT2D eigenvalue weighted by atomic mass is 79.9. The van der Waals surface area contributed by atoms with Crippen LogP contribution in [-0.2, 0) is 4.79 Å². The molecule has 1 amide bonds. The van der Waals surface area contributed by atoms with Crippen molar-refractivity contribution < 1.29 is 4.79 Å². The lowest BCUT2D eigenvalue weighted by molar-refractivity contribution is -0.114. The molecular weight excluding hydrogens is 452 g/mol. The van der Waals surface area contributed by atoms with Crippen molar-refractivity contribution in [2.75, 3.05) is 17.2 Å². The number of rotatable bonds is 6. The summed E-state index contributed by atoms with van der Waals surface area (Å²) in [5, 5.41) is 5.92. The topological polar surface area (TPSA) is 66.9 Å². The van der Waals surface area contributed by atoms with E-state index in [1.165, 1.54) is 5.56 Å². The molecule has 154 valence electrons. The predicted octanol–water partition coefficient (Wildman–Crippen LogP) is 5.93. The van der Waals surface area contributed by atoms with Gasteiger partial charge in [-0.05, 0) is 37.3 Å². The van der Waals surface area contributed by atoms with Gasteiger partial charge in [0.1, 0.15) is 0 Å². The standard InChI is InChI=1S/C25H21BrN4O/c1-17-7-9-19(10-8-17)23-15-22(18-5-3-2-4-6-18)28-25(29-23)30-24(31)16-27-21-13-11-20(26)12-14-21/h2-15,27H,16H2,1H3,(H,28,29,30,31). The summed E-state index contributed by atoms with van der Waals surface area (Å²) in [6.07, 6.45) is 0. The quantitative estimate of drug-likeness (QED) is 0.364. The fourth-order valence-corrected chi connectivity index (χ4v) is 3.32. The molecule has 1 aromatic heterocycles. The fraction of sp³-hybridized carbons (Fsp3) is 0.0800. The van der Waals surface area contributed by atoms with Crippen LogP contribution in [-0.4, -0.2) is 22.4 Å². The average Bonchev–Trinajstić information content (AvgIpc) is 2.79. The lowest BCUT2D eigenvalue weighted by atomic mass is 10.1. The summed E-state index contributed by atoms with van der Waals surface area (Å²) in [6.45, 7) is 2.16. The van der Waals surface area contributed by atoms with Crippen LogP contribution in [0.25, 0.3) is 22.5 Å². The van der Waals surface area contributed by atoms with Crippen LogP contribution in [0, 0.1) is 6.92 Å². The van der Waals surface area contributed by atoms with E-state index in [1.807, 2.05) is 91.9 Å². The summed E-state index contributed by atoms with van der Waals surface area (Å²) >= 11 is 3.40. The highest BCUT2D eigenvalue weighted by molar-refractivity contribution is 9.10. The molecule has 0 aliphatic carbocycles. The van der Waals surface area contributed by atoms with Crippen molar-refractivity contribution in [1.29, 1.82) is 0 Å². The van der Waals surface area contributed by atoms with Gasteiger partial charge in [-0.2, -0.15) is 0 Å². The van der Waals surface area contributed by atoms with E-state index in [0.29, 0.717) is 0 Å². The minimum Gasteiger partial charge on any atom is -0.376 e. The molecule has 6 heteroatoms. The summed E-state index contributed by atoms with van der Waals surface area (Å²) < 4.78 is 0.984. The number of aryl methyl sites for hydroxylation is 1. The van der Waals surface area contributed by atoms with Gasteiger partial charge in [-0.1, -0.05) is 76.1 Å². The van der Waals surface area contributed by atoms with Crippen molar-refractivity contribution in [3.05, 3.63) is 95.0 Å². The number of carbonyl (C=O) groups excluding carboxylic acids is 1. The molecule has 0 spiro atoms. The monoisotopic (exact) mass is 472 g/mol. The molecule has 4 aromatic rings. The second-order valence-corrected chi connectivity index (χ2v) is 8.02. The number of hydrogen-bond donors (Lipinski definition) is 2. The van der Waals surface area contributed by atoms with Gasteiger partial charge in [0, 0.05) is 21.3 Å². The molecule has 3 aromatic carbocycles. The van der Waals surface area contributed by atoms with Crippen molar-refractivity contribution in [3.63, 3.8) is 0 Å². The summed E-state index contributed by atoms with van der Waals surface area (Å²) in [5.41, 5.74) is 5.47. The minimum atomic E-state index is -0.219. The number of nitrogens with one attached hydrogen (secondary N) is 2. The van der Waals surface area contributed by atoms with Gasteiger partial charge in [0.05, 0.1) is 17.9 Å². The molecule has 0 aliphatic heterocycles. The van der Waals surface area contributed by atoms with E-state index in [9.17, 15) is 4.79 Å². The first kappa shape index (κ1) is 20.8. The highest BCUT2D eigenvalue weighted by Gasteiger charge is 2.11. The van der Waals surface area contributed by atoms with E-state index >= 15 is 0 Å². The smallest absolute Gasteiger partial charge is 0.246 e. The number of amides is 1. The Bertz CT molecular complexity index is 1180. The van der Waals surface area contributed by atoms with Gasteiger partial charge < -0.3 is 5.32 Å². The molecule has 0 aliphatic rings. The Kier molecular flexibility index (Phi) is 6.38. The van der Waals surface area contributed by atoms with Crippen LogP contribution in [0.15, 0.2) is 89.4 Å². The van der Waals surface area contributed by atoms with Crippen LogP contribution < -0.4 is 10.6 Å². The normalized spacial score (nSPS) is 10.5. The third kappa shape index (κ3) is 5.55. The van der Waals surface area contributed by atoms with E-state index in [-0.39, 0.29) is 18.4 Å². The number of nitrogens with zero attached hydrogens (tertiary/aromatic N) is 2. The predicted molar refractivity (Wildman–Crippen MR) is 129 cm³/mol. The van der Waals surface area contributed by atoms with Gasteiger partial charge >= 0.3 is 0 Å². The number of anilines is 2. The Morgan fingerprint density at radius 3 is 2.10 bits per heavy atom. The molecule has 4 rings (SSSR count). The summed E-state index contributed by atoms with van der Waals surface area (Å²) in [6, 6.07) is 27.6. The molecule has 0 fully saturated rings. The van der Waals surface area contributed by atoms with Gasteiger partial charge in [0.15, 0.2) is 0 Å². The molecule has 0 bridgehead atoms. The van der Waals surface area contributed by atoms with E-state index in [2.05, 4.69) is 36.5 Å². The molecule has 0 atom stereocenters. The van der Waals surface area contributed by atoms with Gasteiger partial charge in [-0.25, -0.2) is 9.97 Å². The van der Waals surface area contributed by atoms with Crippen LogP contribution in [0.1, 0.15) is 5.56 Å². The Morgan fingerprint density at radius 1 is 0.839 bits per heavy atom. The molecule has 0 unspecified atom stereocenters. The molecular formula is C25H21BrN4O. The summed E-state index contributed by atoms with van der Waals surface area (Å²) in [5.74, 6) is 0.0579. The van der Waals surface area contributed by atoms with Gasteiger partial charge in [-0.15, -0.1) is 0 Å². The second kappa shape index (κ2) is 9.53. The highest BCUT2D eigenvalue weighted by Crippen LogP contribution is 2.25. The van der Waals surface area contributed by atoms with Crippen molar-refractivity contribution >= 4 is 33.5 Å². The van der Waals surface area contributed by atoms with E-state index in [1.54, 1.807) is 0 Å². The van der Waals surface area contributed by atoms with Crippen molar-refractivity contribution in [2.45, 2.75) is 6.92 Å². The number of aromatic nitrogens is 2. The van der Waals surface area contributed by atoms with Crippen LogP contribution >= 0.6 is 15.9 Å². The number of benzene rings is 3. The average molecular weight is 473 g/mol. The summed E-state index contributed by atoms with van der Waals surface area (Å²) in [4.78, 5) is 21.7. The van der Waals surface area contributed by atoms with Gasteiger partial charge in [0.25, 0.3) is 0 Å². The van der Waals surface area contributed by atoms with Gasteiger partial charge in [-0.3, -0.25) is 10.1 Å². The van der Waals surface area contributed by atoms with E-state index in [4.69, 9.17) is 0 Å². The Morgan fingerprint density at radius 2 is 1.45 bits per heavy atom. The zero-order chi connectivity index (χ0) is 21.6. The van der Waals surface area contributed by atoms with Crippen LogP contribution in [0.2, 0.25) is 0 Å². The van der Waals surface area contributed by atoms with Crippen LogP contribution in [0.3, 0.4) is 0 Å². The SMILES string of the molecule is Cc1ccc(-c2cc(-c3ccccc3)nc(NC(=O)CNc3ccc(Br)cc3)n2)cc1. The number of halogens is 1. The van der Waals surface area contributed by atoms with Crippen molar-refractivity contribution in [3.8, 4) is 22.5 Å². The van der Waals surface area contributed by atoms with Crippen molar-refractivity contribution in [1.82, 2.24) is 9.97 Å². The van der Waals surface area contributed by atoms with E-state index in [0.717, 1.165) is 32.7 Å². The molecule has 0 saturated carbocycles. The molecule has 31 heavy (non-hydrogen) atoms. The zero-order valence-corrected chi connectivity index (χ0v) is 18.6. The number of hydrogen-bond acceptors (Lipinski definition) is 4. The molecule has 2 N–H and O–H groups in total. The van der Waals surface area contributed by atoms with E-state index < -0.39 is 0 Å². The minimum absolute atomic E-state index is 0.112. The third-order valence-electron chi connectivity index (χ3n) is 4.69. The largest absolute Gasteiger partial charge is 0.376 e. The Balaban J connectivity index is 1.58. The Hall–Kier alpha value is -3.51. The molecule has 5 nitrogen and oxygen atoms in total. The fourth-order valence-electron chi connectivity index (χ4n) is 3.05. The molecule has 0 radical (unpaired) electrons. The molecule has 0 saturated heterocycles. The Labute approximate surface area is 189 Å². The van der Waals surface area contributed by atoms with Crippen molar-refractivity contribution in [2.24, 2.45) is 0 Å². The maximum atomic E-state index is 12.5. The van der Waals surface area contributed by atoms with Crippen LogP contribution in [0.4, 0.5) is 11.6 Å². The first-order valence-corrected chi connectivity index (χ1v) is 10.7. The lowest BCUT2D eigenvalue weighted by Gasteiger charge is -2.11. The maximum absolute atomic E-state index is 12.5. The van der Waals surface area contributed by atoms with Gasteiger partial charge in [0.2, 0.25) is 11.9 Å². The first-order chi connectivity index (χ1) is 15.1. The maximum Gasteiger partial charge on any atom is 0.246 e. The summed E-state index contributed by atoms with van der Waals surface area (Å²) in [7, 11) is 0. The second-order valence-electron chi connectivity index (χ2n) is 7.10. The first-order valence-electron chi connectivity index (χ1n) is 9.88. The lowest BCUT2D eigenvalue weighted by Crippen LogP contribution is -2.23. The third-order valence-corrected chi connectivity index (χ3v) is 5.22. The zero-order valence-electron chi connectivity index (χ0n) is 17.0. The molecule has 1 heterocycles. The number of carbonyl (C=O) groups is 1. The van der Waals surface area contributed by atoms with Crippen LogP contribution in [0.5, 0.6) is 0 Å².